The smallest absolute Gasteiger partial charge is 0.359 e. The van der Waals surface area contributed by atoms with E-state index in [-0.39, 0.29) is 5.91 Å². The van der Waals surface area contributed by atoms with Gasteiger partial charge < -0.3 is 5.32 Å². The molecule has 6 rings (SSSR count). The number of hydrogen-bond acceptors (Lipinski definition) is 5. The zero-order valence-corrected chi connectivity index (χ0v) is 23.7. The van der Waals surface area contributed by atoms with Gasteiger partial charge in [0, 0.05) is 36.4 Å². The predicted molar refractivity (Wildman–Crippen MR) is 160 cm³/mol. The van der Waals surface area contributed by atoms with Crippen molar-refractivity contribution in [3.8, 4) is 45.0 Å². The second-order valence-corrected chi connectivity index (χ2v) is 10.6. The molecule has 0 radical (unpaired) electrons. The SMILES string of the molecule is CNC(=O)CCc1cc(-c2ccc(-c3ccc(C(F)(F)F)cc3)cc2)n(-c2ccc(-n3cc(-c4ccsc4)nn3)cc2)n1. The van der Waals surface area contributed by atoms with E-state index in [1.807, 2.05) is 82.3 Å². The van der Waals surface area contributed by atoms with Crippen molar-refractivity contribution >= 4 is 17.2 Å². The number of carbonyl (C=O) groups is 1. The van der Waals surface area contributed by atoms with Gasteiger partial charge in [0.1, 0.15) is 5.69 Å². The van der Waals surface area contributed by atoms with Gasteiger partial charge in [-0.2, -0.15) is 29.6 Å². The monoisotopic (exact) mass is 598 g/mol. The summed E-state index contributed by atoms with van der Waals surface area (Å²) in [7, 11) is 1.60. The fourth-order valence-electron chi connectivity index (χ4n) is 4.69. The normalized spacial score (nSPS) is 11.5. The molecule has 0 bridgehead atoms. The number of nitrogens with zero attached hydrogens (tertiary/aromatic N) is 5. The molecule has 3 aromatic heterocycles. The fourth-order valence-corrected chi connectivity index (χ4v) is 5.34. The van der Waals surface area contributed by atoms with E-state index in [1.54, 1.807) is 23.1 Å². The molecule has 0 atom stereocenters. The molecule has 216 valence electrons. The number of rotatable bonds is 8. The number of hydrogen-bond donors (Lipinski definition) is 1. The third-order valence-corrected chi connectivity index (χ3v) is 7.73. The minimum absolute atomic E-state index is 0.0731. The molecule has 0 aliphatic carbocycles. The average Bonchev–Trinajstić information content (AvgIpc) is 3.81. The Balaban J connectivity index is 1.30. The highest BCUT2D eigenvalue weighted by atomic mass is 32.1. The van der Waals surface area contributed by atoms with E-state index in [1.165, 1.54) is 12.1 Å². The second kappa shape index (κ2) is 11.7. The Kier molecular flexibility index (Phi) is 7.64. The van der Waals surface area contributed by atoms with Gasteiger partial charge in [0.25, 0.3) is 0 Å². The molecule has 7 nitrogen and oxygen atoms in total. The van der Waals surface area contributed by atoms with E-state index in [0.717, 1.165) is 57.3 Å². The standard InChI is InChI=1S/C32H25F3N6OS/c1-36-31(42)15-10-26-18-30(23-4-2-21(3-5-23)22-6-8-25(9-7-22)32(33,34)35)41(38-26)28-13-11-27(12-14-28)40-19-29(37-39-40)24-16-17-43-20-24/h2-9,11-14,16-20H,10,15H2,1H3,(H,36,42). The minimum Gasteiger partial charge on any atom is -0.359 e. The summed E-state index contributed by atoms with van der Waals surface area (Å²) in [6, 6.07) is 24.4. The van der Waals surface area contributed by atoms with E-state index in [4.69, 9.17) is 5.10 Å². The quantitative estimate of drug-likeness (QED) is 0.201. The van der Waals surface area contributed by atoms with Crippen LogP contribution in [0.2, 0.25) is 0 Å². The number of halogens is 3. The molecular formula is C32H25F3N6OS. The molecule has 1 N–H and O–H groups in total. The van der Waals surface area contributed by atoms with Gasteiger partial charge in [0.05, 0.1) is 34.5 Å². The Labute approximate surface area is 249 Å². The summed E-state index contributed by atoms with van der Waals surface area (Å²) < 4.78 is 42.5. The second-order valence-electron chi connectivity index (χ2n) is 9.84. The molecule has 0 saturated carbocycles. The molecule has 3 heterocycles. The van der Waals surface area contributed by atoms with Gasteiger partial charge in [-0.05, 0) is 65.0 Å². The lowest BCUT2D eigenvalue weighted by atomic mass is 10.0. The summed E-state index contributed by atoms with van der Waals surface area (Å²) in [6.45, 7) is 0. The number of aromatic nitrogens is 5. The molecule has 0 aliphatic rings. The molecule has 0 aliphatic heterocycles. The lowest BCUT2D eigenvalue weighted by Crippen LogP contribution is -2.18. The van der Waals surface area contributed by atoms with Gasteiger partial charge in [-0.1, -0.05) is 41.6 Å². The summed E-state index contributed by atoms with van der Waals surface area (Å²) in [6.07, 6.45) is -1.73. The third kappa shape index (κ3) is 6.12. The highest BCUT2D eigenvalue weighted by Gasteiger charge is 2.30. The Bertz CT molecular complexity index is 1840. The number of carbonyl (C=O) groups excluding carboxylic acids is 1. The van der Waals surface area contributed by atoms with Crippen LogP contribution in [0.15, 0.2) is 102 Å². The molecule has 1 amide bonds. The van der Waals surface area contributed by atoms with Crippen LogP contribution in [0.25, 0.3) is 45.0 Å². The van der Waals surface area contributed by atoms with Crippen molar-refractivity contribution in [3.63, 3.8) is 0 Å². The van der Waals surface area contributed by atoms with Crippen molar-refractivity contribution in [2.45, 2.75) is 19.0 Å². The maximum atomic E-state index is 13.0. The third-order valence-electron chi connectivity index (χ3n) is 7.04. The van der Waals surface area contributed by atoms with Gasteiger partial charge in [-0.25, -0.2) is 9.36 Å². The Hall–Kier alpha value is -5.03. The van der Waals surface area contributed by atoms with Crippen molar-refractivity contribution in [2.24, 2.45) is 0 Å². The molecule has 11 heteroatoms. The van der Waals surface area contributed by atoms with Crippen molar-refractivity contribution in [3.05, 3.63) is 113 Å². The van der Waals surface area contributed by atoms with Crippen LogP contribution in [0.3, 0.4) is 0 Å². The predicted octanol–water partition coefficient (Wildman–Crippen LogP) is 7.21. The number of benzene rings is 3. The molecule has 0 unspecified atom stereocenters. The summed E-state index contributed by atoms with van der Waals surface area (Å²) in [5.74, 6) is -0.0731. The first-order valence-electron chi connectivity index (χ1n) is 13.4. The number of amides is 1. The van der Waals surface area contributed by atoms with Crippen LogP contribution in [0.4, 0.5) is 13.2 Å². The largest absolute Gasteiger partial charge is 0.416 e. The first-order valence-corrected chi connectivity index (χ1v) is 14.4. The molecule has 6 aromatic rings. The van der Waals surface area contributed by atoms with E-state index in [0.29, 0.717) is 18.4 Å². The lowest BCUT2D eigenvalue weighted by molar-refractivity contribution is -0.137. The van der Waals surface area contributed by atoms with Gasteiger partial charge in [0.15, 0.2) is 0 Å². The van der Waals surface area contributed by atoms with Gasteiger partial charge >= 0.3 is 6.18 Å². The first-order chi connectivity index (χ1) is 20.8. The summed E-state index contributed by atoms with van der Waals surface area (Å²) in [4.78, 5) is 11.9. The van der Waals surface area contributed by atoms with E-state index in [2.05, 4.69) is 15.6 Å². The van der Waals surface area contributed by atoms with Crippen LogP contribution in [0, 0.1) is 0 Å². The highest BCUT2D eigenvalue weighted by molar-refractivity contribution is 7.08. The lowest BCUT2D eigenvalue weighted by Gasteiger charge is -2.10. The molecular weight excluding hydrogens is 573 g/mol. The summed E-state index contributed by atoms with van der Waals surface area (Å²) in [5, 5.41) is 20.0. The Morgan fingerprint density at radius 1 is 0.860 bits per heavy atom. The van der Waals surface area contributed by atoms with Crippen molar-refractivity contribution in [2.75, 3.05) is 7.05 Å². The maximum absolute atomic E-state index is 13.0. The number of thiophene rings is 1. The minimum atomic E-state index is -4.38. The summed E-state index contributed by atoms with van der Waals surface area (Å²) in [5.41, 5.74) is 6.71. The van der Waals surface area contributed by atoms with Crippen LogP contribution in [-0.2, 0) is 17.4 Å². The maximum Gasteiger partial charge on any atom is 0.416 e. The van der Waals surface area contributed by atoms with E-state index in [9.17, 15) is 18.0 Å². The van der Waals surface area contributed by atoms with E-state index >= 15 is 0 Å². The molecule has 43 heavy (non-hydrogen) atoms. The van der Waals surface area contributed by atoms with Gasteiger partial charge in [-0.3, -0.25) is 4.79 Å². The van der Waals surface area contributed by atoms with Crippen LogP contribution < -0.4 is 5.32 Å². The van der Waals surface area contributed by atoms with Crippen LogP contribution in [0.5, 0.6) is 0 Å². The summed E-state index contributed by atoms with van der Waals surface area (Å²) >= 11 is 1.60. The van der Waals surface area contributed by atoms with Crippen molar-refractivity contribution < 1.29 is 18.0 Å². The zero-order valence-electron chi connectivity index (χ0n) is 22.9. The average molecular weight is 599 g/mol. The van der Waals surface area contributed by atoms with Gasteiger partial charge in [0.2, 0.25) is 5.91 Å². The van der Waals surface area contributed by atoms with Crippen LogP contribution in [0.1, 0.15) is 17.7 Å². The number of alkyl halides is 3. The Morgan fingerprint density at radius 3 is 2.14 bits per heavy atom. The molecule has 0 spiro atoms. The first kappa shape index (κ1) is 28.1. The number of aryl methyl sites for hydroxylation is 1. The topological polar surface area (TPSA) is 77.6 Å². The zero-order chi connectivity index (χ0) is 30.0. The van der Waals surface area contributed by atoms with Gasteiger partial charge in [-0.15, -0.1) is 5.10 Å². The van der Waals surface area contributed by atoms with Crippen molar-refractivity contribution in [1.82, 2.24) is 30.1 Å². The van der Waals surface area contributed by atoms with E-state index < -0.39 is 11.7 Å². The Morgan fingerprint density at radius 2 is 1.51 bits per heavy atom. The van der Waals surface area contributed by atoms with Crippen molar-refractivity contribution in [1.29, 1.82) is 0 Å². The molecule has 0 saturated heterocycles. The van der Waals surface area contributed by atoms with Crippen LogP contribution in [-0.4, -0.2) is 37.7 Å². The molecule has 0 fully saturated rings. The van der Waals surface area contributed by atoms with Crippen LogP contribution >= 0.6 is 11.3 Å². The number of nitrogens with one attached hydrogen (secondary N) is 1. The fraction of sp³-hybridized carbons (Fsp3) is 0.125. The highest BCUT2D eigenvalue weighted by Crippen LogP contribution is 2.32. The molecule has 3 aromatic carbocycles.